The second-order valence-electron chi connectivity index (χ2n) is 4.53. The molecular weight excluding hydrogens is 376 g/mol. The lowest BCUT2D eigenvalue weighted by atomic mass is 10.2. The molecule has 0 amide bonds. The molecule has 10 heteroatoms. The minimum atomic E-state index is -4.11. The molecule has 5 nitrogen and oxygen atoms in total. The number of carboxylic acid groups (broad SMARTS) is 1. The van der Waals surface area contributed by atoms with Crippen LogP contribution in [-0.2, 0) is 0 Å². The fourth-order valence-electron chi connectivity index (χ4n) is 1.92. The Morgan fingerprint density at radius 1 is 1.08 bits per heavy atom. The summed E-state index contributed by atoms with van der Waals surface area (Å²) < 4.78 is 53.9. The molecule has 0 aliphatic carbocycles. The summed E-state index contributed by atoms with van der Waals surface area (Å²) in [5.41, 5.74) is -0.0260. The number of hydrogen-bond donors (Lipinski definition) is 1. The molecule has 1 aliphatic heterocycles. The maximum absolute atomic E-state index is 13.9. The molecule has 0 atom stereocenters. The molecule has 0 fully saturated rings. The summed E-state index contributed by atoms with van der Waals surface area (Å²) in [7, 11) is 0. The van der Waals surface area contributed by atoms with Crippen LogP contribution in [0.15, 0.2) is 24.3 Å². The second-order valence-corrected chi connectivity index (χ2v) is 5.28. The van der Waals surface area contributed by atoms with Gasteiger partial charge in [0.2, 0.25) is 11.5 Å². The quantitative estimate of drug-likeness (QED) is 0.763. The summed E-state index contributed by atoms with van der Waals surface area (Å²) in [6.07, 6.45) is -4.11. The first kappa shape index (κ1) is 16.5. The van der Waals surface area contributed by atoms with Crippen LogP contribution in [0.4, 0.5) is 13.2 Å². The normalized spacial score (nSPS) is 14.5. The van der Waals surface area contributed by atoms with E-state index in [1.807, 2.05) is 0 Å². The number of hydrogen-bond acceptors (Lipinski definition) is 4. The highest BCUT2D eigenvalue weighted by atomic mass is 35.5. The van der Waals surface area contributed by atoms with Crippen LogP contribution >= 0.6 is 23.2 Å². The van der Waals surface area contributed by atoms with E-state index in [4.69, 9.17) is 33.0 Å². The molecule has 0 saturated carbocycles. The predicted molar refractivity (Wildman–Crippen MR) is 76.1 cm³/mol. The van der Waals surface area contributed by atoms with Crippen molar-refractivity contribution < 1.29 is 37.3 Å². The van der Waals surface area contributed by atoms with Gasteiger partial charge in [0.05, 0.1) is 5.56 Å². The van der Waals surface area contributed by atoms with Crippen LogP contribution in [0.2, 0.25) is 10.0 Å². The van der Waals surface area contributed by atoms with Crippen molar-refractivity contribution in [2.24, 2.45) is 0 Å². The van der Waals surface area contributed by atoms with E-state index in [0.717, 1.165) is 0 Å². The van der Waals surface area contributed by atoms with Crippen molar-refractivity contribution in [3.63, 3.8) is 0 Å². The Kier molecular flexibility index (Phi) is 3.89. The highest BCUT2D eigenvalue weighted by molar-refractivity contribution is 6.43. The lowest BCUT2D eigenvalue weighted by Gasteiger charge is -2.12. The maximum Gasteiger partial charge on any atom is 0.586 e. The number of carbonyl (C=O) groups is 1. The summed E-state index contributed by atoms with van der Waals surface area (Å²) in [4.78, 5) is 10.8. The number of rotatable bonds is 3. The van der Waals surface area contributed by atoms with Crippen molar-refractivity contribution in [3.05, 3.63) is 45.7 Å². The summed E-state index contributed by atoms with van der Waals surface area (Å²) in [6.45, 7) is 0. The smallest absolute Gasteiger partial charge is 0.478 e. The molecule has 1 heterocycles. The predicted octanol–water partition coefficient (Wildman–Crippen LogP) is 4.94. The molecule has 2 aromatic carbocycles. The van der Waals surface area contributed by atoms with Gasteiger partial charge in [-0.3, -0.25) is 0 Å². The Bertz CT molecular complexity index is 840. The Labute approximate surface area is 142 Å². The SMILES string of the molecule is O=C(O)c1ccc(Oc2c(Cl)c(Cl)c(F)c3c2OC(F)(F)O3)cc1. The third-order valence-corrected chi connectivity index (χ3v) is 3.77. The van der Waals surface area contributed by atoms with Gasteiger partial charge in [0.25, 0.3) is 0 Å². The van der Waals surface area contributed by atoms with Crippen molar-refractivity contribution >= 4 is 29.2 Å². The Hall–Kier alpha value is -2.32. The van der Waals surface area contributed by atoms with E-state index in [9.17, 15) is 18.0 Å². The Morgan fingerprint density at radius 3 is 2.25 bits per heavy atom. The van der Waals surface area contributed by atoms with Gasteiger partial charge >= 0.3 is 12.3 Å². The van der Waals surface area contributed by atoms with Crippen molar-refractivity contribution in [2.75, 3.05) is 0 Å². The maximum atomic E-state index is 13.9. The van der Waals surface area contributed by atoms with E-state index in [0.29, 0.717) is 0 Å². The van der Waals surface area contributed by atoms with Crippen LogP contribution in [0.5, 0.6) is 23.0 Å². The summed E-state index contributed by atoms with van der Waals surface area (Å²) in [5.74, 6) is -4.63. The molecule has 3 rings (SSSR count). The molecule has 1 N–H and O–H groups in total. The molecule has 0 unspecified atom stereocenters. The molecule has 0 spiro atoms. The topological polar surface area (TPSA) is 65.0 Å². The fraction of sp³-hybridized carbons (Fsp3) is 0.0714. The first-order valence-corrected chi connectivity index (χ1v) is 6.92. The van der Waals surface area contributed by atoms with Crippen LogP contribution in [0.1, 0.15) is 10.4 Å². The van der Waals surface area contributed by atoms with Crippen molar-refractivity contribution in [3.8, 4) is 23.0 Å². The van der Waals surface area contributed by atoms with Crippen LogP contribution in [0, 0.1) is 5.82 Å². The molecular formula is C14H5Cl2F3O5. The van der Waals surface area contributed by atoms with Crippen LogP contribution in [-0.4, -0.2) is 17.4 Å². The molecule has 0 bridgehead atoms. The fourth-order valence-corrected chi connectivity index (χ4v) is 2.29. The van der Waals surface area contributed by atoms with Gasteiger partial charge in [0, 0.05) is 0 Å². The first-order chi connectivity index (χ1) is 11.2. The number of fused-ring (bicyclic) bond motifs is 1. The minimum Gasteiger partial charge on any atom is -0.478 e. The van der Waals surface area contributed by atoms with Crippen LogP contribution < -0.4 is 14.2 Å². The Balaban J connectivity index is 2.04. The lowest BCUT2D eigenvalue weighted by Crippen LogP contribution is -2.26. The largest absolute Gasteiger partial charge is 0.586 e. The zero-order chi connectivity index (χ0) is 17.6. The zero-order valence-corrected chi connectivity index (χ0v) is 12.8. The van der Waals surface area contributed by atoms with Crippen LogP contribution in [0.3, 0.4) is 0 Å². The van der Waals surface area contributed by atoms with Gasteiger partial charge in [-0.1, -0.05) is 23.2 Å². The monoisotopic (exact) mass is 380 g/mol. The van der Waals surface area contributed by atoms with Gasteiger partial charge in [-0.15, -0.1) is 8.78 Å². The van der Waals surface area contributed by atoms with Gasteiger partial charge in [-0.2, -0.15) is 0 Å². The van der Waals surface area contributed by atoms with E-state index in [2.05, 4.69) is 9.47 Å². The highest BCUT2D eigenvalue weighted by Crippen LogP contribution is 2.55. The molecule has 0 saturated heterocycles. The lowest BCUT2D eigenvalue weighted by molar-refractivity contribution is -0.287. The number of benzene rings is 2. The van der Waals surface area contributed by atoms with E-state index in [1.165, 1.54) is 24.3 Å². The number of halogens is 5. The zero-order valence-electron chi connectivity index (χ0n) is 11.3. The van der Waals surface area contributed by atoms with E-state index < -0.39 is 45.4 Å². The van der Waals surface area contributed by atoms with Crippen molar-refractivity contribution in [1.29, 1.82) is 0 Å². The Morgan fingerprint density at radius 2 is 1.67 bits per heavy atom. The highest BCUT2D eigenvalue weighted by Gasteiger charge is 2.48. The van der Waals surface area contributed by atoms with Crippen LogP contribution in [0.25, 0.3) is 0 Å². The molecule has 2 aromatic rings. The molecule has 1 aliphatic rings. The van der Waals surface area contributed by atoms with Gasteiger partial charge in [-0.05, 0) is 24.3 Å². The first-order valence-electron chi connectivity index (χ1n) is 6.17. The van der Waals surface area contributed by atoms with Gasteiger partial charge in [0.1, 0.15) is 15.8 Å². The van der Waals surface area contributed by atoms with Crippen molar-refractivity contribution in [2.45, 2.75) is 6.29 Å². The van der Waals surface area contributed by atoms with Gasteiger partial charge < -0.3 is 19.3 Å². The van der Waals surface area contributed by atoms with E-state index in [-0.39, 0.29) is 11.3 Å². The number of alkyl halides is 2. The van der Waals surface area contributed by atoms with Crippen molar-refractivity contribution in [1.82, 2.24) is 0 Å². The number of aromatic carboxylic acids is 1. The average Bonchev–Trinajstić information content (AvgIpc) is 2.85. The van der Waals surface area contributed by atoms with Gasteiger partial charge in [-0.25, -0.2) is 9.18 Å². The third-order valence-electron chi connectivity index (χ3n) is 2.96. The number of ether oxygens (including phenoxy) is 3. The van der Waals surface area contributed by atoms with E-state index in [1.54, 1.807) is 0 Å². The standard InChI is InChI=1S/C14H5Cl2F3O5/c15-7-8(16)10(12-11(9(7)17)23-14(18,19)24-12)22-6-3-1-5(2-4-6)13(20)21/h1-4H,(H,20,21). The van der Waals surface area contributed by atoms with E-state index >= 15 is 0 Å². The molecule has 0 radical (unpaired) electrons. The van der Waals surface area contributed by atoms with Gasteiger partial charge in [0.15, 0.2) is 11.6 Å². The minimum absolute atomic E-state index is 0.0260. The third kappa shape index (κ3) is 2.78. The molecule has 0 aromatic heterocycles. The average molecular weight is 381 g/mol. The second kappa shape index (κ2) is 5.64. The molecule has 126 valence electrons. The summed E-state index contributed by atoms with van der Waals surface area (Å²) in [6, 6.07) is 4.92. The summed E-state index contributed by atoms with van der Waals surface area (Å²) >= 11 is 11.5. The molecule has 24 heavy (non-hydrogen) atoms. The summed E-state index contributed by atoms with van der Waals surface area (Å²) in [5, 5.41) is 7.63. The number of carboxylic acids is 1.